The van der Waals surface area contributed by atoms with E-state index in [4.69, 9.17) is 5.14 Å². The summed E-state index contributed by atoms with van der Waals surface area (Å²) >= 11 is 0. The predicted molar refractivity (Wildman–Crippen MR) is 59.6 cm³/mol. The molecule has 0 saturated carbocycles. The van der Waals surface area contributed by atoms with Crippen LogP contribution in [0.25, 0.3) is 5.57 Å². The molecule has 1 aliphatic heterocycles. The summed E-state index contributed by atoms with van der Waals surface area (Å²) in [6.45, 7) is 0. The summed E-state index contributed by atoms with van der Waals surface area (Å²) in [7, 11) is -4.24. The van der Waals surface area contributed by atoms with E-state index >= 15 is 0 Å². The van der Waals surface area contributed by atoms with Crippen molar-refractivity contribution in [2.75, 3.05) is 0 Å². The van der Waals surface area contributed by atoms with Gasteiger partial charge >= 0.3 is 0 Å². The number of carbonyl (C=O) groups excluding carboxylic acids is 2. The Hall–Kier alpha value is -1.99. The van der Waals surface area contributed by atoms with Crippen molar-refractivity contribution in [2.45, 2.75) is 0 Å². The zero-order valence-electron chi connectivity index (χ0n) is 8.51. The number of carbonyl (C=O) groups is 2. The van der Waals surface area contributed by atoms with E-state index < -0.39 is 26.7 Å². The van der Waals surface area contributed by atoms with Gasteiger partial charge in [0, 0.05) is 0 Å². The second kappa shape index (κ2) is 3.79. The molecule has 0 aromatic heterocycles. The van der Waals surface area contributed by atoms with Gasteiger partial charge in [-0.05, 0) is 5.56 Å². The second-order valence-corrected chi connectivity index (χ2v) is 4.90. The van der Waals surface area contributed by atoms with Crippen molar-refractivity contribution in [3.8, 4) is 0 Å². The Morgan fingerprint density at radius 1 is 1.00 bits per heavy atom. The summed E-state index contributed by atoms with van der Waals surface area (Å²) in [6.07, 6.45) is 0. The quantitative estimate of drug-likeness (QED) is 0.681. The van der Waals surface area contributed by atoms with E-state index in [2.05, 4.69) is 0 Å². The third-order valence-corrected chi connectivity index (χ3v) is 3.19. The number of hydrogen-bond acceptors (Lipinski definition) is 4. The number of hydrogen-bond donors (Lipinski definition) is 2. The van der Waals surface area contributed by atoms with Crippen molar-refractivity contribution in [1.82, 2.24) is 5.32 Å². The van der Waals surface area contributed by atoms with Crippen LogP contribution in [0.4, 0.5) is 0 Å². The van der Waals surface area contributed by atoms with Gasteiger partial charge in [-0.25, -0.2) is 13.6 Å². The highest BCUT2D eigenvalue weighted by Gasteiger charge is 2.37. The molecule has 0 saturated heterocycles. The van der Waals surface area contributed by atoms with E-state index in [0.29, 0.717) is 5.56 Å². The molecule has 0 aliphatic carbocycles. The van der Waals surface area contributed by atoms with Crippen LogP contribution >= 0.6 is 0 Å². The number of primary sulfonamides is 1. The summed E-state index contributed by atoms with van der Waals surface area (Å²) < 4.78 is 22.6. The maximum absolute atomic E-state index is 11.5. The molecule has 6 nitrogen and oxygen atoms in total. The number of rotatable bonds is 2. The molecule has 1 heterocycles. The summed E-state index contributed by atoms with van der Waals surface area (Å²) in [5, 5.41) is 6.83. The fourth-order valence-corrected chi connectivity index (χ4v) is 2.38. The largest absolute Gasteiger partial charge is 0.287 e. The zero-order chi connectivity index (χ0) is 12.6. The lowest BCUT2D eigenvalue weighted by atomic mass is 10.1. The van der Waals surface area contributed by atoms with Crippen LogP contribution in [0.2, 0.25) is 0 Å². The van der Waals surface area contributed by atoms with Crippen LogP contribution in [-0.2, 0) is 19.6 Å². The van der Waals surface area contributed by atoms with E-state index in [-0.39, 0.29) is 5.57 Å². The van der Waals surface area contributed by atoms with Gasteiger partial charge in [0.2, 0.25) is 10.0 Å². The summed E-state index contributed by atoms with van der Waals surface area (Å²) in [4.78, 5) is 22.2. The molecule has 1 aromatic rings. The van der Waals surface area contributed by atoms with E-state index in [1.165, 1.54) is 12.1 Å². The Morgan fingerprint density at radius 2 is 1.59 bits per heavy atom. The van der Waals surface area contributed by atoms with Crippen molar-refractivity contribution in [2.24, 2.45) is 5.14 Å². The number of imide groups is 1. The first kappa shape index (κ1) is 11.5. The van der Waals surface area contributed by atoms with Gasteiger partial charge in [0.1, 0.15) is 0 Å². The molecular weight excluding hydrogens is 244 g/mol. The van der Waals surface area contributed by atoms with Crippen LogP contribution in [0.15, 0.2) is 35.2 Å². The molecule has 0 unspecified atom stereocenters. The predicted octanol–water partition coefficient (Wildman–Crippen LogP) is -0.657. The van der Waals surface area contributed by atoms with Gasteiger partial charge in [0.25, 0.3) is 11.8 Å². The fraction of sp³-hybridized carbons (Fsp3) is 0. The average molecular weight is 252 g/mol. The van der Waals surface area contributed by atoms with Gasteiger partial charge in [-0.3, -0.25) is 14.9 Å². The van der Waals surface area contributed by atoms with Crippen molar-refractivity contribution in [3.05, 3.63) is 40.8 Å². The summed E-state index contributed by atoms with van der Waals surface area (Å²) in [5.41, 5.74) is 0.123. The summed E-state index contributed by atoms with van der Waals surface area (Å²) in [5.74, 6) is -1.75. The first-order chi connectivity index (χ1) is 7.91. The molecule has 7 heteroatoms. The molecule has 2 rings (SSSR count). The second-order valence-electron chi connectivity index (χ2n) is 3.40. The third kappa shape index (κ3) is 1.97. The zero-order valence-corrected chi connectivity index (χ0v) is 9.32. The first-order valence-corrected chi connectivity index (χ1v) is 6.14. The molecule has 17 heavy (non-hydrogen) atoms. The lowest BCUT2D eigenvalue weighted by molar-refractivity contribution is -0.123. The van der Waals surface area contributed by atoms with Gasteiger partial charge < -0.3 is 0 Å². The van der Waals surface area contributed by atoms with Crippen LogP contribution in [0.1, 0.15) is 5.56 Å². The standard InChI is InChI=1S/C10H8N2O4S/c11-17(15,16)8-7(9(13)12-10(8)14)6-4-2-1-3-5-6/h1-5H,(H2,11,15,16)(H,12,13,14). The van der Waals surface area contributed by atoms with Crippen LogP contribution in [0.3, 0.4) is 0 Å². The number of nitrogens with one attached hydrogen (secondary N) is 1. The van der Waals surface area contributed by atoms with Gasteiger partial charge in [-0.2, -0.15) is 0 Å². The minimum absolute atomic E-state index is 0.210. The van der Waals surface area contributed by atoms with Crippen LogP contribution in [0.5, 0.6) is 0 Å². The molecule has 2 amide bonds. The Kier molecular flexibility index (Phi) is 2.56. The van der Waals surface area contributed by atoms with Gasteiger partial charge in [-0.15, -0.1) is 0 Å². The van der Waals surface area contributed by atoms with Crippen LogP contribution in [-0.4, -0.2) is 20.2 Å². The van der Waals surface area contributed by atoms with Crippen molar-refractivity contribution in [1.29, 1.82) is 0 Å². The molecule has 1 aromatic carbocycles. The number of benzene rings is 1. The van der Waals surface area contributed by atoms with Crippen molar-refractivity contribution in [3.63, 3.8) is 0 Å². The highest BCUT2D eigenvalue weighted by molar-refractivity contribution is 7.94. The van der Waals surface area contributed by atoms with Gasteiger partial charge in [0.05, 0.1) is 5.57 Å². The topological polar surface area (TPSA) is 106 Å². The number of nitrogens with two attached hydrogens (primary N) is 1. The summed E-state index contributed by atoms with van der Waals surface area (Å²) in [6, 6.07) is 8.01. The molecule has 0 bridgehead atoms. The van der Waals surface area contributed by atoms with E-state index in [1.807, 2.05) is 5.32 Å². The normalized spacial score (nSPS) is 16.3. The Labute approximate surface area is 97.2 Å². The minimum atomic E-state index is -4.24. The maximum atomic E-state index is 11.5. The molecule has 0 fully saturated rings. The lowest BCUT2D eigenvalue weighted by Gasteiger charge is -2.01. The van der Waals surface area contributed by atoms with Gasteiger partial charge in [-0.1, -0.05) is 30.3 Å². The molecular formula is C10H8N2O4S. The Balaban J connectivity index is 2.74. The highest BCUT2D eigenvalue weighted by Crippen LogP contribution is 2.25. The first-order valence-electron chi connectivity index (χ1n) is 4.59. The van der Waals surface area contributed by atoms with Gasteiger partial charge in [0.15, 0.2) is 4.91 Å². The maximum Gasteiger partial charge on any atom is 0.271 e. The Morgan fingerprint density at radius 3 is 2.12 bits per heavy atom. The van der Waals surface area contributed by atoms with Crippen molar-refractivity contribution < 1.29 is 18.0 Å². The highest BCUT2D eigenvalue weighted by atomic mass is 32.2. The Bertz CT molecular complexity index is 632. The lowest BCUT2D eigenvalue weighted by Crippen LogP contribution is -2.27. The molecule has 0 spiro atoms. The van der Waals surface area contributed by atoms with E-state index in [9.17, 15) is 18.0 Å². The molecule has 0 radical (unpaired) electrons. The smallest absolute Gasteiger partial charge is 0.271 e. The van der Waals surface area contributed by atoms with Crippen LogP contribution < -0.4 is 10.5 Å². The molecule has 1 aliphatic rings. The molecule has 3 N–H and O–H groups in total. The number of amides is 2. The molecule has 0 atom stereocenters. The van der Waals surface area contributed by atoms with Crippen molar-refractivity contribution >= 4 is 27.4 Å². The van der Waals surface area contributed by atoms with Crippen LogP contribution in [0, 0.1) is 0 Å². The number of sulfonamides is 1. The third-order valence-electron chi connectivity index (χ3n) is 2.23. The minimum Gasteiger partial charge on any atom is -0.287 e. The van der Waals surface area contributed by atoms with E-state index in [0.717, 1.165) is 0 Å². The SMILES string of the molecule is NS(=O)(=O)C1=C(c2ccccc2)C(=O)NC1=O. The fourth-order valence-electron chi connectivity index (χ4n) is 1.58. The van der Waals surface area contributed by atoms with E-state index in [1.54, 1.807) is 18.2 Å². The monoisotopic (exact) mass is 252 g/mol. The molecule has 88 valence electrons. The average Bonchev–Trinajstić information content (AvgIpc) is 2.54.